The summed E-state index contributed by atoms with van der Waals surface area (Å²) in [5, 5.41) is 15.8. The number of pyridine rings is 1. The number of nitrogens with two attached hydrogens (primary N) is 1. The van der Waals surface area contributed by atoms with Gasteiger partial charge in [0.05, 0.1) is 29.4 Å². The SMILES string of the molecule is COc1ncccc1-c1ccc(O)c(-c2nc3cc(C(=O)NCCc4csc(N)n4)ccc3[nH]2)c1. The van der Waals surface area contributed by atoms with Crippen LogP contribution >= 0.6 is 11.3 Å². The summed E-state index contributed by atoms with van der Waals surface area (Å²) in [4.78, 5) is 28.9. The van der Waals surface area contributed by atoms with E-state index in [-0.39, 0.29) is 11.7 Å². The predicted octanol–water partition coefficient (Wildman–Crippen LogP) is 4.02. The molecule has 2 aromatic carbocycles. The lowest BCUT2D eigenvalue weighted by Gasteiger charge is -2.09. The highest BCUT2D eigenvalue weighted by atomic mass is 32.1. The maximum absolute atomic E-state index is 12.6. The first kappa shape index (κ1) is 22.4. The minimum absolute atomic E-state index is 0.0799. The quantitative estimate of drug-likeness (QED) is 0.272. The number of fused-ring (bicyclic) bond motifs is 1. The Kier molecular flexibility index (Phi) is 6.02. The molecule has 0 aliphatic carbocycles. The summed E-state index contributed by atoms with van der Waals surface area (Å²) >= 11 is 1.38. The third kappa shape index (κ3) is 4.64. The molecule has 0 saturated carbocycles. The van der Waals surface area contributed by atoms with E-state index in [9.17, 15) is 9.90 Å². The number of H-pyrrole nitrogens is 1. The molecule has 10 heteroatoms. The summed E-state index contributed by atoms with van der Waals surface area (Å²) in [6.45, 7) is 0.449. The van der Waals surface area contributed by atoms with E-state index in [1.807, 2.05) is 23.6 Å². The van der Waals surface area contributed by atoms with Crippen LogP contribution in [-0.2, 0) is 6.42 Å². The Morgan fingerprint density at radius 2 is 2.06 bits per heavy atom. The Balaban J connectivity index is 1.38. The van der Waals surface area contributed by atoms with Crippen molar-refractivity contribution in [3.8, 4) is 34.1 Å². The van der Waals surface area contributed by atoms with Gasteiger partial charge in [0.2, 0.25) is 5.88 Å². The second kappa shape index (κ2) is 9.43. The van der Waals surface area contributed by atoms with Gasteiger partial charge in [0.1, 0.15) is 11.6 Å². The van der Waals surface area contributed by atoms with Crippen molar-refractivity contribution >= 4 is 33.4 Å². The van der Waals surface area contributed by atoms with E-state index in [4.69, 9.17) is 10.5 Å². The molecule has 1 amide bonds. The smallest absolute Gasteiger partial charge is 0.251 e. The lowest BCUT2D eigenvalue weighted by Crippen LogP contribution is -2.25. The summed E-state index contributed by atoms with van der Waals surface area (Å²) < 4.78 is 5.37. The molecule has 0 spiro atoms. The highest BCUT2D eigenvalue weighted by Gasteiger charge is 2.15. The van der Waals surface area contributed by atoms with E-state index in [1.54, 1.807) is 43.6 Å². The van der Waals surface area contributed by atoms with Gasteiger partial charge in [-0.25, -0.2) is 15.0 Å². The molecule has 0 aliphatic rings. The van der Waals surface area contributed by atoms with Crippen molar-refractivity contribution in [3.63, 3.8) is 0 Å². The highest BCUT2D eigenvalue weighted by molar-refractivity contribution is 7.13. The maximum Gasteiger partial charge on any atom is 0.251 e. The van der Waals surface area contributed by atoms with E-state index >= 15 is 0 Å². The van der Waals surface area contributed by atoms with Gasteiger partial charge in [-0.1, -0.05) is 6.07 Å². The number of aromatic nitrogens is 4. The maximum atomic E-state index is 12.6. The van der Waals surface area contributed by atoms with Crippen LogP contribution < -0.4 is 15.8 Å². The Morgan fingerprint density at radius 3 is 2.86 bits per heavy atom. The zero-order valence-corrected chi connectivity index (χ0v) is 19.6. The number of anilines is 1. The molecule has 9 nitrogen and oxygen atoms in total. The molecule has 3 heterocycles. The number of nitrogen functional groups attached to an aromatic ring is 1. The fourth-order valence-electron chi connectivity index (χ4n) is 3.78. The van der Waals surface area contributed by atoms with E-state index in [2.05, 4.69) is 25.3 Å². The largest absolute Gasteiger partial charge is 0.507 e. The number of rotatable bonds is 7. The van der Waals surface area contributed by atoms with Gasteiger partial charge < -0.3 is 25.9 Å². The number of carbonyl (C=O) groups excluding carboxylic acids is 1. The number of hydrogen-bond acceptors (Lipinski definition) is 8. The number of amides is 1. The number of carbonyl (C=O) groups is 1. The molecule has 0 atom stereocenters. The highest BCUT2D eigenvalue weighted by Crippen LogP contribution is 2.35. The van der Waals surface area contributed by atoms with Gasteiger partial charge in [0, 0.05) is 35.7 Å². The van der Waals surface area contributed by atoms with Gasteiger partial charge >= 0.3 is 0 Å². The van der Waals surface area contributed by atoms with Crippen LogP contribution in [0.2, 0.25) is 0 Å². The molecular weight excluding hydrogens is 464 g/mol. The molecule has 35 heavy (non-hydrogen) atoms. The molecule has 0 unspecified atom stereocenters. The first-order valence-electron chi connectivity index (χ1n) is 10.8. The van der Waals surface area contributed by atoms with Crippen molar-refractivity contribution in [1.29, 1.82) is 0 Å². The van der Waals surface area contributed by atoms with Crippen LogP contribution in [0, 0.1) is 0 Å². The topological polar surface area (TPSA) is 139 Å². The van der Waals surface area contributed by atoms with Gasteiger partial charge in [0.15, 0.2) is 5.13 Å². The van der Waals surface area contributed by atoms with Crippen molar-refractivity contribution in [2.45, 2.75) is 6.42 Å². The Morgan fingerprint density at radius 1 is 1.17 bits per heavy atom. The molecule has 5 N–H and O–H groups in total. The van der Waals surface area contributed by atoms with Gasteiger partial charge in [0.25, 0.3) is 5.91 Å². The summed E-state index contributed by atoms with van der Waals surface area (Å²) in [6.07, 6.45) is 2.26. The molecule has 0 bridgehead atoms. The third-order valence-electron chi connectivity index (χ3n) is 5.51. The number of aromatic hydroxyl groups is 1. The molecule has 0 fully saturated rings. The Bertz CT molecular complexity index is 1530. The minimum Gasteiger partial charge on any atom is -0.507 e. The summed E-state index contributed by atoms with van der Waals surface area (Å²) in [7, 11) is 1.56. The van der Waals surface area contributed by atoms with Crippen LogP contribution in [0.25, 0.3) is 33.5 Å². The number of nitrogens with one attached hydrogen (secondary N) is 2. The van der Waals surface area contributed by atoms with E-state index in [0.717, 1.165) is 22.3 Å². The fourth-order valence-corrected chi connectivity index (χ4v) is 4.38. The number of methoxy groups -OCH3 is 1. The molecule has 0 aliphatic heterocycles. The molecule has 0 radical (unpaired) electrons. The lowest BCUT2D eigenvalue weighted by molar-refractivity contribution is 0.0954. The molecule has 176 valence electrons. The number of benzene rings is 2. The Labute approximate surface area is 204 Å². The van der Waals surface area contributed by atoms with Crippen LogP contribution in [0.3, 0.4) is 0 Å². The van der Waals surface area contributed by atoms with Gasteiger partial charge in [-0.3, -0.25) is 4.79 Å². The number of nitrogens with zero attached hydrogens (tertiary/aromatic N) is 3. The second-order valence-corrected chi connectivity index (χ2v) is 8.68. The summed E-state index contributed by atoms with van der Waals surface area (Å²) in [5.74, 6) is 0.855. The van der Waals surface area contributed by atoms with Crippen LogP contribution in [0.15, 0.2) is 60.1 Å². The van der Waals surface area contributed by atoms with Crippen LogP contribution in [0.1, 0.15) is 16.1 Å². The van der Waals surface area contributed by atoms with Crippen LogP contribution in [0.5, 0.6) is 11.6 Å². The molecule has 5 aromatic rings. The van der Waals surface area contributed by atoms with Gasteiger partial charge in [-0.05, 0) is 48.0 Å². The monoisotopic (exact) mass is 486 g/mol. The summed E-state index contributed by atoms with van der Waals surface area (Å²) in [5.41, 5.74) is 10.5. The number of ether oxygens (including phenoxy) is 1. The van der Waals surface area contributed by atoms with Crippen molar-refractivity contribution in [3.05, 3.63) is 71.4 Å². The number of hydrogen-bond donors (Lipinski definition) is 4. The average Bonchev–Trinajstić information content (AvgIpc) is 3.49. The number of phenols is 1. The molecular formula is C25H22N6O3S. The van der Waals surface area contributed by atoms with Crippen molar-refractivity contribution in [1.82, 2.24) is 25.3 Å². The number of aromatic amines is 1. The van der Waals surface area contributed by atoms with Crippen molar-refractivity contribution in [2.75, 3.05) is 19.4 Å². The first-order valence-corrected chi connectivity index (χ1v) is 11.7. The molecule has 5 rings (SSSR count). The zero-order valence-electron chi connectivity index (χ0n) is 18.8. The Hall–Kier alpha value is -4.44. The van der Waals surface area contributed by atoms with Gasteiger partial charge in [-0.2, -0.15) is 0 Å². The minimum atomic E-state index is -0.201. The number of phenolic OH excluding ortho intramolecular Hbond substituents is 1. The lowest BCUT2D eigenvalue weighted by atomic mass is 10.0. The van der Waals surface area contributed by atoms with Crippen LogP contribution in [-0.4, -0.2) is 44.6 Å². The van der Waals surface area contributed by atoms with E-state index in [0.29, 0.717) is 46.4 Å². The van der Waals surface area contributed by atoms with E-state index < -0.39 is 0 Å². The molecule has 0 saturated heterocycles. The standard InChI is InChI=1S/C25H22N6O3S/c1-34-24-17(3-2-9-28-24)14-5-7-21(32)18(11-14)22-30-19-6-4-15(12-20(19)31-22)23(33)27-10-8-16-13-35-25(26)29-16/h2-7,9,11-13,32H,8,10H2,1H3,(H2,26,29)(H,27,33)(H,30,31). The predicted molar refractivity (Wildman–Crippen MR) is 136 cm³/mol. The number of thiazole rings is 1. The van der Waals surface area contributed by atoms with Crippen LogP contribution in [0.4, 0.5) is 5.13 Å². The van der Waals surface area contributed by atoms with Crippen molar-refractivity contribution < 1.29 is 14.6 Å². The van der Waals surface area contributed by atoms with E-state index in [1.165, 1.54) is 11.3 Å². The zero-order chi connectivity index (χ0) is 24.4. The molecule has 3 aromatic heterocycles. The summed E-state index contributed by atoms with van der Waals surface area (Å²) in [6, 6.07) is 14.2. The van der Waals surface area contributed by atoms with Crippen molar-refractivity contribution in [2.24, 2.45) is 0 Å². The third-order valence-corrected chi connectivity index (χ3v) is 6.23. The van der Waals surface area contributed by atoms with Gasteiger partial charge in [-0.15, -0.1) is 11.3 Å². The number of imidazole rings is 1. The normalized spacial score (nSPS) is 11.0. The average molecular weight is 487 g/mol. The second-order valence-electron chi connectivity index (χ2n) is 7.79. The fraction of sp³-hybridized carbons (Fsp3) is 0.120. The first-order chi connectivity index (χ1) is 17.0.